The van der Waals surface area contributed by atoms with Crippen molar-refractivity contribution in [1.82, 2.24) is 15.1 Å². The van der Waals surface area contributed by atoms with Crippen LogP contribution in [0.4, 0.5) is 0 Å². The second-order valence-corrected chi connectivity index (χ2v) is 8.78. The third-order valence-electron chi connectivity index (χ3n) is 6.12. The van der Waals surface area contributed by atoms with Crippen molar-refractivity contribution in [2.45, 2.75) is 46.0 Å². The lowest BCUT2D eigenvalue weighted by atomic mass is 10.1. The van der Waals surface area contributed by atoms with Gasteiger partial charge in [0, 0.05) is 45.2 Å². The molecule has 0 aliphatic carbocycles. The van der Waals surface area contributed by atoms with Gasteiger partial charge in [0.05, 0.1) is 13.2 Å². The van der Waals surface area contributed by atoms with Gasteiger partial charge in [0.2, 0.25) is 0 Å². The molecule has 1 fully saturated rings. The largest absolute Gasteiger partial charge is 0.376 e. The highest BCUT2D eigenvalue weighted by atomic mass is 16.5. The highest BCUT2D eigenvalue weighted by molar-refractivity contribution is 5.80. The fourth-order valence-corrected chi connectivity index (χ4v) is 3.92. The van der Waals surface area contributed by atoms with Crippen LogP contribution >= 0.6 is 0 Å². The maximum atomic E-state index is 5.97. The summed E-state index contributed by atoms with van der Waals surface area (Å²) in [6.07, 6.45) is 1.14. The minimum absolute atomic E-state index is 0.527. The van der Waals surface area contributed by atoms with Gasteiger partial charge in [-0.05, 0) is 44.0 Å². The molecule has 0 spiro atoms. The summed E-state index contributed by atoms with van der Waals surface area (Å²) in [5, 5.41) is 3.59. The predicted molar refractivity (Wildman–Crippen MR) is 129 cm³/mol. The van der Waals surface area contributed by atoms with Gasteiger partial charge in [0.15, 0.2) is 5.96 Å². The molecule has 1 atom stereocenters. The number of hydrogen-bond donors (Lipinski definition) is 1. The summed E-state index contributed by atoms with van der Waals surface area (Å²) in [6, 6.07) is 19.6. The zero-order valence-corrected chi connectivity index (χ0v) is 19.6. The van der Waals surface area contributed by atoms with E-state index >= 15 is 0 Å². The summed E-state index contributed by atoms with van der Waals surface area (Å²) in [7, 11) is 4.05. The molecule has 5 nitrogen and oxygen atoms in total. The molecule has 1 aliphatic rings. The molecule has 1 unspecified atom stereocenters. The normalized spacial score (nSPS) is 17.0. The summed E-state index contributed by atoms with van der Waals surface area (Å²) in [4.78, 5) is 9.28. The van der Waals surface area contributed by atoms with E-state index in [1.807, 2.05) is 13.1 Å². The van der Waals surface area contributed by atoms with Crippen LogP contribution in [0.25, 0.3) is 0 Å². The highest BCUT2D eigenvalue weighted by Gasteiger charge is 2.25. The number of ether oxygens (including phenoxy) is 1. The number of rotatable bonds is 9. The third-order valence-corrected chi connectivity index (χ3v) is 6.12. The Balaban J connectivity index is 1.48. The summed E-state index contributed by atoms with van der Waals surface area (Å²) in [6.45, 7) is 9.72. The molecule has 1 N–H and O–H groups in total. The van der Waals surface area contributed by atoms with Crippen LogP contribution in [0, 0.1) is 5.92 Å². The SMILES string of the molecule is CN=C(NCc1ccccc1CN(C)C(C)C)N1CCC(COCc2ccccc2)C1. The van der Waals surface area contributed by atoms with E-state index in [-0.39, 0.29) is 0 Å². The van der Waals surface area contributed by atoms with E-state index in [9.17, 15) is 0 Å². The van der Waals surface area contributed by atoms with Crippen LogP contribution in [-0.2, 0) is 24.4 Å². The van der Waals surface area contributed by atoms with Crippen LogP contribution in [0.3, 0.4) is 0 Å². The van der Waals surface area contributed by atoms with Crippen molar-refractivity contribution in [2.75, 3.05) is 33.8 Å². The molecule has 2 aromatic carbocycles. The van der Waals surface area contributed by atoms with Gasteiger partial charge in [0.25, 0.3) is 0 Å². The summed E-state index contributed by atoms with van der Waals surface area (Å²) in [5.74, 6) is 1.53. The molecule has 1 heterocycles. The Kier molecular flexibility index (Phi) is 8.92. The van der Waals surface area contributed by atoms with Crippen molar-refractivity contribution in [3.63, 3.8) is 0 Å². The number of guanidine groups is 1. The van der Waals surface area contributed by atoms with E-state index < -0.39 is 0 Å². The van der Waals surface area contributed by atoms with Gasteiger partial charge in [0.1, 0.15) is 0 Å². The van der Waals surface area contributed by atoms with Crippen molar-refractivity contribution in [2.24, 2.45) is 10.9 Å². The maximum absolute atomic E-state index is 5.97. The van der Waals surface area contributed by atoms with Crippen molar-refractivity contribution >= 4 is 5.96 Å². The third kappa shape index (κ3) is 7.08. The van der Waals surface area contributed by atoms with Gasteiger partial charge in [-0.1, -0.05) is 54.6 Å². The van der Waals surface area contributed by atoms with Crippen molar-refractivity contribution in [3.8, 4) is 0 Å². The van der Waals surface area contributed by atoms with Gasteiger partial charge in [-0.25, -0.2) is 0 Å². The molecule has 1 aliphatic heterocycles. The molecule has 0 bridgehead atoms. The smallest absolute Gasteiger partial charge is 0.193 e. The van der Waals surface area contributed by atoms with Crippen LogP contribution < -0.4 is 5.32 Å². The number of likely N-dealkylation sites (tertiary alicyclic amines) is 1. The Labute approximate surface area is 188 Å². The molecular formula is C26H38N4O. The van der Waals surface area contributed by atoms with Gasteiger partial charge < -0.3 is 15.0 Å². The second kappa shape index (κ2) is 11.9. The average Bonchev–Trinajstić information content (AvgIpc) is 3.24. The Hall–Kier alpha value is -2.37. The van der Waals surface area contributed by atoms with Crippen LogP contribution in [0.5, 0.6) is 0 Å². The van der Waals surface area contributed by atoms with Crippen LogP contribution in [0.2, 0.25) is 0 Å². The number of benzene rings is 2. The standard InChI is InChI=1S/C26H38N4O/c1-21(2)29(4)18-25-13-9-8-12-24(25)16-28-26(27-3)30-15-14-23(17-30)20-31-19-22-10-6-5-7-11-22/h5-13,21,23H,14-20H2,1-4H3,(H,27,28). The Morgan fingerprint density at radius 2 is 1.84 bits per heavy atom. The quantitative estimate of drug-likeness (QED) is 0.487. The lowest BCUT2D eigenvalue weighted by Gasteiger charge is -2.24. The van der Waals surface area contributed by atoms with Gasteiger partial charge in [-0.2, -0.15) is 0 Å². The van der Waals surface area contributed by atoms with Crippen LogP contribution in [-0.4, -0.2) is 55.6 Å². The minimum Gasteiger partial charge on any atom is -0.376 e. The van der Waals surface area contributed by atoms with E-state index in [0.717, 1.165) is 45.2 Å². The van der Waals surface area contributed by atoms with Gasteiger partial charge >= 0.3 is 0 Å². The van der Waals surface area contributed by atoms with E-state index in [1.54, 1.807) is 0 Å². The average molecular weight is 423 g/mol. The highest BCUT2D eigenvalue weighted by Crippen LogP contribution is 2.18. The van der Waals surface area contributed by atoms with E-state index in [2.05, 4.69) is 89.5 Å². The van der Waals surface area contributed by atoms with Crippen molar-refractivity contribution in [1.29, 1.82) is 0 Å². The van der Waals surface area contributed by atoms with E-state index in [4.69, 9.17) is 4.74 Å². The molecular weight excluding hydrogens is 384 g/mol. The first kappa shape index (κ1) is 23.3. The topological polar surface area (TPSA) is 40.1 Å². The maximum Gasteiger partial charge on any atom is 0.193 e. The minimum atomic E-state index is 0.527. The first-order chi connectivity index (χ1) is 15.1. The monoisotopic (exact) mass is 422 g/mol. The molecule has 168 valence electrons. The fraction of sp³-hybridized carbons (Fsp3) is 0.500. The van der Waals surface area contributed by atoms with Crippen molar-refractivity contribution in [3.05, 3.63) is 71.3 Å². The number of aliphatic imine (C=N–C) groups is 1. The number of hydrogen-bond acceptors (Lipinski definition) is 3. The molecule has 0 radical (unpaired) electrons. The summed E-state index contributed by atoms with van der Waals surface area (Å²) in [5.41, 5.74) is 3.94. The first-order valence-corrected chi connectivity index (χ1v) is 11.4. The zero-order chi connectivity index (χ0) is 22.1. The molecule has 0 aromatic heterocycles. The zero-order valence-electron chi connectivity index (χ0n) is 19.6. The van der Waals surface area contributed by atoms with E-state index in [0.29, 0.717) is 18.6 Å². The van der Waals surface area contributed by atoms with Gasteiger partial charge in [-0.15, -0.1) is 0 Å². The second-order valence-electron chi connectivity index (χ2n) is 8.78. The Bertz CT molecular complexity index is 821. The molecule has 3 rings (SSSR count). The number of nitrogens with one attached hydrogen (secondary N) is 1. The molecule has 31 heavy (non-hydrogen) atoms. The molecule has 2 aromatic rings. The molecule has 0 amide bonds. The molecule has 1 saturated heterocycles. The lowest BCUT2D eigenvalue weighted by Crippen LogP contribution is -2.40. The number of nitrogens with zero attached hydrogens (tertiary/aromatic N) is 3. The first-order valence-electron chi connectivity index (χ1n) is 11.4. The molecule has 5 heteroatoms. The Morgan fingerprint density at radius 3 is 2.55 bits per heavy atom. The van der Waals surface area contributed by atoms with Crippen LogP contribution in [0.1, 0.15) is 37.0 Å². The van der Waals surface area contributed by atoms with Gasteiger partial charge in [-0.3, -0.25) is 9.89 Å². The van der Waals surface area contributed by atoms with Crippen LogP contribution in [0.15, 0.2) is 59.6 Å². The summed E-state index contributed by atoms with van der Waals surface area (Å²) >= 11 is 0. The van der Waals surface area contributed by atoms with Crippen molar-refractivity contribution < 1.29 is 4.74 Å². The lowest BCUT2D eigenvalue weighted by molar-refractivity contribution is 0.0906. The predicted octanol–water partition coefficient (Wildman–Crippen LogP) is 4.14. The summed E-state index contributed by atoms with van der Waals surface area (Å²) < 4.78 is 5.97. The van der Waals surface area contributed by atoms with E-state index in [1.165, 1.54) is 16.7 Å². The Morgan fingerprint density at radius 1 is 1.13 bits per heavy atom. The molecule has 0 saturated carbocycles. The fourth-order valence-electron chi connectivity index (χ4n) is 3.92.